The van der Waals surface area contributed by atoms with Crippen LogP contribution in [0.1, 0.15) is 5.56 Å². The molecule has 1 fully saturated rings. The molecule has 0 bridgehead atoms. The molecule has 12 nitrogen and oxygen atoms in total. The van der Waals surface area contributed by atoms with Crippen LogP contribution in [0.5, 0.6) is 5.75 Å². The molecule has 21 heteroatoms. The van der Waals surface area contributed by atoms with Crippen LogP contribution in [-0.2, 0) is 16.3 Å². The van der Waals surface area contributed by atoms with Crippen molar-refractivity contribution >= 4 is 115 Å². The highest BCUT2D eigenvalue weighted by Crippen LogP contribution is 2.49. The number of ether oxygens (including phenoxy) is 2. The van der Waals surface area contributed by atoms with E-state index in [1.54, 1.807) is 43.7 Å². The number of methoxy groups -OCH3 is 1. The van der Waals surface area contributed by atoms with Gasteiger partial charge in [0.2, 0.25) is 5.95 Å². The van der Waals surface area contributed by atoms with E-state index in [9.17, 15) is 4.57 Å². The summed E-state index contributed by atoms with van der Waals surface area (Å²) in [7, 11) is 18.3. The number of aromatic nitrogens is 6. The Morgan fingerprint density at radius 3 is 2.16 bits per heavy atom. The smallest absolute Gasteiger partial charge is 0.229 e. The second kappa shape index (κ2) is 12.6. The Balaban J connectivity index is 1.47. The molecule has 0 radical (unpaired) electrons. The lowest BCUT2D eigenvalue weighted by atomic mass is 9.30. The number of hydrogen-bond acceptors (Lipinski definition) is 11. The molecule has 4 heterocycles. The SMILES string of the molecule is BC1(B)OC(B)(B)C(B)(B)N(c2cc(OC)c(Nc3ncc(C)c(Nc4ccc5nccnc5c4P(C)(C)=O)n3)cc2-c2cnn(C)c2)C1(B)B. The van der Waals surface area contributed by atoms with Crippen molar-refractivity contribution in [3.8, 4) is 16.9 Å². The van der Waals surface area contributed by atoms with Crippen molar-refractivity contribution in [3.05, 3.63) is 60.8 Å². The largest absolute Gasteiger partial charge is 0.494 e. The molecular formula is C30H42B8N9O3P. The molecular weight excluding hydrogens is 652 g/mol. The monoisotopic (exact) mass is 695 g/mol. The molecule has 0 saturated carbocycles. The number of nitrogens with one attached hydrogen (secondary N) is 2. The maximum Gasteiger partial charge on any atom is 0.229 e. The van der Waals surface area contributed by atoms with Gasteiger partial charge in [-0.15, -0.1) is 0 Å². The van der Waals surface area contributed by atoms with Gasteiger partial charge in [0.15, 0.2) is 0 Å². The number of aryl methyl sites for hydroxylation is 2. The van der Waals surface area contributed by atoms with E-state index >= 15 is 0 Å². The summed E-state index contributed by atoms with van der Waals surface area (Å²) in [6, 6.07) is 7.90. The van der Waals surface area contributed by atoms with Crippen LogP contribution in [0.4, 0.5) is 28.8 Å². The summed E-state index contributed by atoms with van der Waals surface area (Å²) in [6.07, 6.45) is 8.89. The first-order chi connectivity index (χ1) is 23.7. The predicted octanol–water partition coefficient (Wildman–Crippen LogP) is -3.61. The van der Waals surface area contributed by atoms with E-state index < -0.39 is 28.6 Å². The third-order valence-electron chi connectivity index (χ3n) is 10.8. The molecule has 1 aliphatic heterocycles. The van der Waals surface area contributed by atoms with E-state index in [0.29, 0.717) is 45.2 Å². The van der Waals surface area contributed by atoms with Crippen molar-refractivity contribution in [2.75, 3.05) is 36.0 Å². The Bertz CT molecular complexity index is 2190. The third-order valence-corrected chi connectivity index (χ3v) is 12.3. The summed E-state index contributed by atoms with van der Waals surface area (Å²) in [6.45, 7) is 5.39. The number of morpholine rings is 1. The minimum atomic E-state index is -2.77. The Labute approximate surface area is 307 Å². The molecule has 0 atom stereocenters. The fourth-order valence-electron chi connectivity index (χ4n) is 7.08. The fourth-order valence-corrected chi connectivity index (χ4v) is 8.48. The van der Waals surface area contributed by atoms with E-state index in [4.69, 9.17) is 14.5 Å². The fraction of sp³-hybridized carbons (Fsp3) is 0.300. The van der Waals surface area contributed by atoms with Gasteiger partial charge in [-0.1, -0.05) is 0 Å². The van der Waals surface area contributed by atoms with Gasteiger partial charge in [0.1, 0.15) is 87.0 Å². The van der Waals surface area contributed by atoms with Crippen LogP contribution in [-0.4, -0.2) is 134 Å². The molecule has 0 amide bonds. The summed E-state index contributed by atoms with van der Waals surface area (Å²) in [5, 5.41) is 10.2. The van der Waals surface area contributed by atoms with Crippen LogP contribution in [0.2, 0.25) is 0 Å². The summed E-state index contributed by atoms with van der Waals surface area (Å²) < 4.78 is 28.3. The second-order valence-corrected chi connectivity index (χ2v) is 18.9. The van der Waals surface area contributed by atoms with Gasteiger partial charge in [-0.2, -0.15) is 10.1 Å². The van der Waals surface area contributed by atoms with Crippen molar-refractivity contribution in [1.29, 1.82) is 0 Å². The van der Waals surface area contributed by atoms with E-state index in [2.05, 4.69) is 110 Å². The highest BCUT2D eigenvalue weighted by atomic mass is 31.2. The number of benzene rings is 2. The summed E-state index contributed by atoms with van der Waals surface area (Å²) in [5.41, 5.74) is 6.36. The van der Waals surface area contributed by atoms with Crippen molar-refractivity contribution in [3.63, 3.8) is 0 Å². The van der Waals surface area contributed by atoms with E-state index in [1.807, 2.05) is 38.5 Å². The average Bonchev–Trinajstić information content (AvgIpc) is 3.46. The highest BCUT2D eigenvalue weighted by Gasteiger charge is 2.59. The molecule has 3 aromatic heterocycles. The van der Waals surface area contributed by atoms with E-state index in [0.717, 1.165) is 22.4 Å². The van der Waals surface area contributed by atoms with Crippen LogP contribution >= 0.6 is 7.14 Å². The predicted molar refractivity (Wildman–Crippen MR) is 230 cm³/mol. The van der Waals surface area contributed by atoms with Gasteiger partial charge in [0, 0.05) is 71.1 Å². The number of hydrogen-bond donors (Lipinski definition) is 2. The molecule has 5 aromatic rings. The molecule has 0 spiro atoms. The van der Waals surface area contributed by atoms with Gasteiger partial charge < -0.3 is 29.6 Å². The van der Waals surface area contributed by atoms with Gasteiger partial charge in [-0.05, 0) is 49.1 Å². The molecule has 51 heavy (non-hydrogen) atoms. The van der Waals surface area contributed by atoms with Crippen molar-refractivity contribution < 1.29 is 14.0 Å². The van der Waals surface area contributed by atoms with E-state index in [1.165, 1.54) is 0 Å². The zero-order chi connectivity index (χ0) is 37.3. The zero-order valence-electron chi connectivity index (χ0n) is 32.0. The number of fused-ring (bicyclic) bond motifs is 1. The Morgan fingerprint density at radius 2 is 1.55 bits per heavy atom. The van der Waals surface area contributed by atoms with Crippen molar-refractivity contribution in [2.45, 2.75) is 28.4 Å². The van der Waals surface area contributed by atoms with Crippen LogP contribution in [0.25, 0.3) is 22.2 Å². The standard InChI is InChI=1S/C30H42B8N9O3P/c1-15-12-41-26(45-25(15)43-19-7-6-18-23(40-9-8-39-18)24(19)51(4,5)48)44-20-10-17(16-13-42-46(2)14-16)21(11-22(20)49-3)47-27(31,32)29(35,36)50-30(37,38)28(47,33)34/h6-14H,31-38H2,1-5H3,(H2,41,43,44,45). The lowest BCUT2D eigenvalue weighted by molar-refractivity contribution is -0.0253. The molecule has 1 saturated heterocycles. The molecule has 2 aromatic carbocycles. The minimum Gasteiger partial charge on any atom is -0.494 e. The van der Waals surface area contributed by atoms with Crippen LogP contribution < -0.4 is 25.6 Å². The molecule has 6 rings (SSSR count). The Morgan fingerprint density at radius 1 is 0.882 bits per heavy atom. The lowest BCUT2D eigenvalue weighted by Gasteiger charge is -2.69. The van der Waals surface area contributed by atoms with Crippen LogP contribution in [0, 0.1) is 6.92 Å². The molecule has 0 aliphatic carbocycles. The van der Waals surface area contributed by atoms with Gasteiger partial charge in [0.05, 0.1) is 35.5 Å². The van der Waals surface area contributed by atoms with Gasteiger partial charge in [0.25, 0.3) is 0 Å². The minimum absolute atomic E-state index is 0.360. The maximum absolute atomic E-state index is 13.6. The first-order valence-corrected chi connectivity index (χ1v) is 19.7. The van der Waals surface area contributed by atoms with Crippen molar-refractivity contribution in [2.24, 2.45) is 7.05 Å². The number of rotatable bonds is 8. The van der Waals surface area contributed by atoms with Crippen LogP contribution in [0.15, 0.2) is 55.2 Å². The molecule has 0 unspecified atom stereocenters. The Kier molecular flexibility index (Phi) is 9.07. The zero-order valence-corrected chi connectivity index (χ0v) is 32.9. The van der Waals surface area contributed by atoms with Crippen LogP contribution in [0.3, 0.4) is 0 Å². The average molecular weight is 694 g/mol. The molecule has 254 valence electrons. The van der Waals surface area contributed by atoms with Gasteiger partial charge in [-0.25, -0.2) is 4.98 Å². The quantitative estimate of drug-likeness (QED) is 0.123. The first kappa shape index (κ1) is 36.8. The first-order valence-electron chi connectivity index (χ1n) is 17.1. The maximum atomic E-state index is 13.6. The number of nitrogens with zero attached hydrogens (tertiary/aromatic N) is 7. The molecule has 2 N–H and O–H groups in total. The van der Waals surface area contributed by atoms with Crippen molar-refractivity contribution in [1.82, 2.24) is 29.7 Å². The van der Waals surface area contributed by atoms with Gasteiger partial charge in [-0.3, -0.25) is 14.6 Å². The third kappa shape index (κ3) is 6.39. The van der Waals surface area contributed by atoms with E-state index in [-0.39, 0.29) is 0 Å². The normalized spacial score (nSPS) is 17.5. The topological polar surface area (TPSA) is 132 Å². The second-order valence-electron chi connectivity index (χ2n) is 15.8. The highest BCUT2D eigenvalue weighted by molar-refractivity contribution is 7.71. The summed E-state index contributed by atoms with van der Waals surface area (Å²) >= 11 is 0. The Hall–Kier alpha value is -4.02. The molecule has 1 aliphatic rings. The summed E-state index contributed by atoms with van der Waals surface area (Å²) in [5.74, 6) is 1.55. The summed E-state index contributed by atoms with van der Waals surface area (Å²) in [4.78, 5) is 20.9. The number of anilines is 5. The lowest BCUT2D eigenvalue weighted by Crippen LogP contribution is -2.86. The van der Waals surface area contributed by atoms with Gasteiger partial charge >= 0.3 is 0 Å².